The van der Waals surface area contributed by atoms with Gasteiger partial charge in [0, 0.05) is 24.0 Å². The monoisotopic (exact) mass is 425 g/mol. The van der Waals surface area contributed by atoms with Crippen LogP contribution in [0.4, 0.5) is 11.4 Å². The maximum atomic E-state index is 13.0. The van der Waals surface area contributed by atoms with Crippen LogP contribution in [0, 0.1) is 0 Å². The Morgan fingerprint density at radius 3 is 2.53 bits per heavy atom. The first-order valence-corrected chi connectivity index (χ1v) is 10.5. The fraction of sp³-hybridized carbons (Fsp3) is 0.115. The third-order valence-electron chi connectivity index (χ3n) is 5.82. The van der Waals surface area contributed by atoms with Gasteiger partial charge in [-0.3, -0.25) is 9.89 Å². The molecule has 0 saturated carbocycles. The van der Waals surface area contributed by atoms with E-state index in [-0.39, 0.29) is 17.1 Å². The first-order valence-electron chi connectivity index (χ1n) is 10.5. The number of aromatic amines is 1. The minimum absolute atomic E-state index is 0.132. The number of rotatable bonds is 3. The van der Waals surface area contributed by atoms with Gasteiger partial charge >= 0.3 is 0 Å². The van der Waals surface area contributed by atoms with Gasteiger partial charge in [-0.2, -0.15) is 0 Å². The smallest absolute Gasteiger partial charge is 0.279 e. The number of H-pyrrole nitrogens is 1. The number of phenols is 2. The summed E-state index contributed by atoms with van der Waals surface area (Å²) in [5, 5.41) is 23.7. The van der Waals surface area contributed by atoms with E-state index in [4.69, 9.17) is 0 Å². The summed E-state index contributed by atoms with van der Waals surface area (Å²) < 4.78 is 1.51. The first kappa shape index (κ1) is 19.8. The van der Waals surface area contributed by atoms with E-state index in [1.165, 1.54) is 16.3 Å². The molecule has 1 aliphatic heterocycles. The highest BCUT2D eigenvalue weighted by atomic mass is 16.3. The summed E-state index contributed by atoms with van der Waals surface area (Å²) in [6, 6.07) is 20.4. The van der Waals surface area contributed by atoms with E-state index in [2.05, 4.69) is 22.6 Å². The summed E-state index contributed by atoms with van der Waals surface area (Å²) in [5.41, 5.74) is 4.61. The molecule has 1 aliphatic rings. The third kappa shape index (κ3) is 3.46. The highest BCUT2D eigenvalue weighted by Crippen LogP contribution is 2.37. The predicted octanol–water partition coefficient (Wildman–Crippen LogP) is 2.90. The zero-order chi connectivity index (χ0) is 22.2. The Bertz CT molecular complexity index is 1470. The summed E-state index contributed by atoms with van der Waals surface area (Å²) in [4.78, 5) is 15.1. The number of fused-ring (bicyclic) bond motifs is 1. The van der Waals surface area contributed by atoms with Crippen LogP contribution in [0.2, 0.25) is 0 Å². The van der Waals surface area contributed by atoms with Gasteiger partial charge in [-0.1, -0.05) is 30.8 Å². The fourth-order valence-corrected chi connectivity index (χ4v) is 4.22. The van der Waals surface area contributed by atoms with E-state index in [0.717, 1.165) is 42.0 Å². The number of aromatic hydroxyl groups is 2. The molecule has 1 aromatic heterocycles. The zero-order valence-electron chi connectivity index (χ0n) is 17.5. The van der Waals surface area contributed by atoms with Gasteiger partial charge in [0.1, 0.15) is 0 Å². The molecule has 5 rings (SSSR count). The molecule has 3 aromatic carbocycles. The maximum absolute atomic E-state index is 13.0. The van der Waals surface area contributed by atoms with Crippen molar-refractivity contribution < 1.29 is 10.2 Å². The highest BCUT2D eigenvalue weighted by molar-refractivity contribution is 5.71. The van der Waals surface area contributed by atoms with Crippen molar-refractivity contribution in [1.82, 2.24) is 9.78 Å². The number of para-hydroxylation sites is 1. The third-order valence-corrected chi connectivity index (χ3v) is 5.82. The lowest BCUT2D eigenvalue weighted by Gasteiger charge is -2.31. The molecule has 0 bridgehead atoms. The lowest BCUT2D eigenvalue weighted by molar-refractivity contribution is 0.404. The number of anilines is 2. The van der Waals surface area contributed by atoms with Crippen LogP contribution in [0.5, 0.6) is 11.5 Å². The average Bonchev–Trinajstić information content (AvgIpc) is 3.09. The number of benzene rings is 3. The number of phenolic OH excluding ortho intramolecular Hbond substituents is 2. The van der Waals surface area contributed by atoms with Gasteiger partial charge in [0.25, 0.3) is 5.56 Å². The molecular formula is C26H23N3O3. The Morgan fingerprint density at radius 1 is 0.938 bits per heavy atom. The molecular weight excluding hydrogens is 402 g/mol. The Balaban J connectivity index is 1.55. The number of aryl methyl sites for hydroxylation is 1. The van der Waals surface area contributed by atoms with Gasteiger partial charge < -0.3 is 15.1 Å². The molecule has 0 fully saturated rings. The van der Waals surface area contributed by atoms with Gasteiger partial charge in [0.2, 0.25) is 0 Å². The van der Waals surface area contributed by atoms with Crippen molar-refractivity contribution in [3.05, 3.63) is 98.8 Å². The molecule has 0 radical (unpaired) electrons. The number of nitrogens with zero attached hydrogens (tertiary/aromatic N) is 2. The van der Waals surface area contributed by atoms with Crippen molar-refractivity contribution in [2.45, 2.75) is 12.8 Å². The minimum Gasteiger partial charge on any atom is -0.504 e. The van der Waals surface area contributed by atoms with Gasteiger partial charge in [-0.15, -0.1) is 0 Å². The van der Waals surface area contributed by atoms with Crippen LogP contribution >= 0.6 is 0 Å². The predicted molar refractivity (Wildman–Crippen MR) is 126 cm³/mol. The summed E-state index contributed by atoms with van der Waals surface area (Å²) in [6.07, 6.45) is 3.76. The second kappa shape index (κ2) is 7.81. The lowest BCUT2D eigenvalue weighted by atomic mass is 9.98. The molecule has 6 heteroatoms. The number of hydrogen-bond acceptors (Lipinski definition) is 4. The Morgan fingerprint density at radius 2 is 1.75 bits per heavy atom. The van der Waals surface area contributed by atoms with Crippen molar-refractivity contribution in [3.8, 4) is 17.2 Å². The molecule has 0 spiro atoms. The van der Waals surface area contributed by atoms with Crippen molar-refractivity contribution >= 4 is 24.0 Å². The Labute approximate surface area is 184 Å². The number of hydrogen-bond donors (Lipinski definition) is 3. The Hall–Kier alpha value is -4.19. The van der Waals surface area contributed by atoms with Gasteiger partial charge in [0.05, 0.1) is 16.3 Å². The summed E-state index contributed by atoms with van der Waals surface area (Å²) in [5.74, 6) is -0.266. The first-order chi connectivity index (χ1) is 15.5. The van der Waals surface area contributed by atoms with Crippen LogP contribution in [0.25, 0.3) is 18.3 Å². The minimum atomic E-state index is -0.139. The molecule has 32 heavy (non-hydrogen) atoms. The van der Waals surface area contributed by atoms with E-state index in [1.807, 2.05) is 48.5 Å². The molecule has 3 N–H and O–H groups in total. The van der Waals surface area contributed by atoms with Gasteiger partial charge in [0.15, 0.2) is 11.5 Å². The maximum Gasteiger partial charge on any atom is 0.279 e. The lowest BCUT2D eigenvalue weighted by Crippen LogP contribution is -2.34. The normalized spacial score (nSPS) is 13.9. The molecule has 4 aromatic rings. The molecule has 0 saturated heterocycles. The van der Waals surface area contributed by atoms with Crippen LogP contribution < -0.4 is 21.0 Å². The van der Waals surface area contributed by atoms with Crippen molar-refractivity contribution in [2.75, 3.05) is 11.4 Å². The van der Waals surface area contributed by atoms with Crippen molar-refractivity contribution in [3.63, 3.8) is 0 Å². The van der Waals surface area contributed by atoms with E-state index >= 15 is 0 Å². The van der Waals surface area contributed by atoms with Crippen molar-refractivity contribution in [1.29, 1.82) is 0 Å². The summed E-state index contributed by atoms with van der Waals surface area (Å²) >= 11 is 0. The van der Waals surface area contributed by atoms with E-state index in [9.17, 15) is 15.0 Å². The number of aromatic nitrogens is 2. The molecule has 6 nitrogen and oxygen atoms in total. The van der Waals surface area contributed by atoms with Crippen molar-refractivity contribution in [2.24, 2.45) is 0 Å². The van der Waals surface area contributed by atoms with Gasteiger partial charge in [-0.25, -0.2) is 4.68 Å². The largest absolute Gasteiger partial charge is 0.504 e. The standard InChI is InChI=1S/C26H23N3O3/c1-17-22(26(32)29(27-17)20-7-3-2-4-8-20)15-18-9-11-23-19(14-18)6-5-13-28(23)21-10-12-24(30)25(31)16-21/h2-4,7-12,14-16,27,30-31H,1,5-6,13H2/b22-15-. The summed E-state index contributed by atoms with van der Waals surface area (Å²) in [6.45, 7) is 4.84. The van der Waals surface area contributed by atoms with Gasteiger partial charge in [-0.05, 0) is 66.4 Å². The van der Waals surface area contributed by atoms with Crippen LogP contribution in [0.15, 0.2) is 71.5 Å². The average molecular weight is 425 g/mol. The SMILES string of the molecule is C=c1[nH]n(-c2ccccc2)c(=O)/c1=C\c1ccc2c(c1)CCCN2c1ccc(O)c(O)c1. The zero-order valence-corrected chi connectivity index (χ0v) is 17.5. The van der Waals surface area contributed by atoms with Crippen LogP contribution in [0.1, 0.15) is 17.5 Å². The van der Waals surface area contributed by atoms with E-state index in [1.54, 1.807) is 12.1 Å². The molecule has 0 atom stereocenters. The van der Waals surface area contributed by atoms with Crippen LogP contribution in [-0.4, -0.2) is 26.5 Å². The molecule has 2 heterocycles. The molecule has 160 valence electrons. The van der Waals surface area contributed by atoms with Crippen LogP contribution in [-0.2, 0) is 6.42 Å². The quantitative estimate of drug-likeness (QED) is 0.441. The van der Waals surface area contributed by atoms with E-state index < -0.39 is 0 Å². The molecule has 0 aliphatic carbocycles. The fourth-order valence-electron chi connectivity index (χ4n) is 4.22. The second-order valence-corrected chi connectivity index (χ2v) is 7.94. The van der Waals surface area contributed by atoms with Crippen LogP contribution in [0.3, 0.4) is 0 Å². The second-order valence-electron chi connectivity index (χ2n) is 7.94. The molecule has 0 amide bonds. The highest BCUT2D eigenvalue weighted by Gasteiger charge is 2.19. The van der Waals surface area contributed by atoms with E-state index in [0.29, 0.717) is 10.6 Å². The number of nitrogens with one attached hydrogen (secondary N) is 1. The molecule has 0 unspecified atom stereocenters. The Kier molecular flexibility index (Phi) is 4.82. The topological polar surface area (TPSA) is 81.5 Å². The summed E-state index contributed by atoms with van der Waals surface area (Å²) in [7, 11) is 0.